The van der Waals surface area contributed by atoms with E-state index in [1.807, 2.05) is 0 Å². The first-order valence-corrected chi connectivity index (χ1v) is 11.9. The maximum Gasteiger partial charge on any atom is 0.255 e. The minimum atomic E-state index is -3.69. The van der Waals surface area contributed by atoms with Crippen LogP contribution in [0.5, 0.6) is 0 Å². The highest BCUT2D eigenvalue weighted by molar-refractivity contribution is 7.89. The highest BCUT2D eigenvalue weighted by Crippen LogP contribution is 2.21. The molecule has 0 aliphatic carbocycles. The smallest absolute Gasteiger partial charge is 0.255 e. The summed E-state index contributed by atoms with van der Waals surface area (Å²) >= 11 is 5.98. The van der Waals surface area contributed by atoms with Gasteiger partial charge in [0.05, 0.1) is 15.5 Å². The number of carbonyl (C=O) groups excluding carboxylic acids is 2. The second-order valence-corrected chi connectivity index (χ2v) is 10.7. The predicted molar refractivity (Wildman–Crippen MR) is 120 cm³/mol. The molecule has 10 heteroatoms. The molecule has 2 aromatic rings. The second-order valence-electron chi connectivity index (χ2n) is 8.59. The van der Waals surface area contributed by atoms with Crippen LogP contribution in [0.4, 0.5) is 4.39 Å². The molecule has 0 bridgehead atoms. The number of hydrogen-bond donors (Lipinski definition) is 1. The molecule has 1 saturated heterocycles. The Morgan fingerprint density at radius 3 is 1.97 bits per heavy atom. The van der Waals surface area contributed by atoms with Gasteiger partial charge in [-0.25, -0.2) is 17.5 Å². The SMILES string of the molecule is CC(C)(C)NS(=O)(=O)c1ccc(C(=O)N2CCN(C(=O)c3ccc(F)cc3Cl)CC2)cc1. The molecule has 1 aliphatic rings. The summed E-state index contributed by atoms with van der Waals surface area (Å²) in [7, 11) is -3.69. The lowest BCUT2D eigenvalue weighted by Crippen LogP contribution is -2.50. The van der Waals surface area contributed by atoms with Crippen LogP contribution in [0.15, 0.2) is 47.4 Å². The van der Waals surface area contributed by atoms with Crippen LogP contribution < -0.4 is 4.72 Å². The van der Waals surface area contributed by atoms with Crippen molar-refractivity contribution in [2.75, 3.05) is 26.2 Å². The lowest BCUT2D eigenvalue weighted by molar-refractivity contribution is 0.0535. The topological polar surface area (TPSA) is 86.8 Å². The third-order valence-corrected chi connectivity index (χ3v) is 6.95. The number of carbonyl (C=O) groups is 2. The lowest BCUT2D eigenvalue weighted by Gasteiger charge is -2.35. The van der Waals surface area contributed by atoms with E-state index in [2.05, 4.69) is 4.72 Å². The summed E-state index contributed by atoms with van der Waals surface area (Å²) in [5.41, 5.74) is -0.0441. The summed E-state index contributed by atoms with van der Waals surface area (Å²) < 4.78 is 40.6. The van der Waals surface area contributed by atoms with Gasteiger partial charge in [-0.1, -0.05) is 11.6 Å². The molecule has 0 aromatic heterocycles. The summed E-state index contributed by atoms with van der Waals surface area (Å²) in [6, 6.07) is 9.39. The van der Waals surface area contributed by atoms with Crippen LogP contribution in [0.2, 0.25) is 5.02 Å². The summed E-state index contributed by atoms with van der Waals surface area (Å²) in [4.78, 5) is 28.7. The molecule has 3 rings (SSSR count). The zero-order valence-corrected chi connectivity index (χ0v) is 19.6. The van der Waals surface area contributed by atoms with Crippen LogP contribution in [0.25, 0.3) is 0 Å². The van der Waals surface area contributed by atoms with Crippen molar-refractivity contribution in [1.82, 2.24) is 14.5 Å². The molecule has 0 spiro atoms. The maximum atomic E-state index is 13.2. The molecular weight excluding hydrogens is 457 g/mol. The molecule has 1 aliphatic heterocycles. The van der Waals surface area contributed by atoms with Crippen molar-refractivity contribution in [2.24, 2.45) is 0 Å². The molecule has 172 valence electrons. The standard InChI is InChI=1S/C22H25ClFN3O4S/c1-22(2,3)25-32(30,31)17-7-4-15(5-8-17)20(28)26-10-12-27(13-11-26)21(29)18-9-6-16(24)14-19(18)23/h4-9,14,25H,10-13H2,1-3H3. The van der Waals surface area contributed by atoms with Gasteiger partial charge >= 0.3 is 0 Å². The molecule has 0 atom stereocenters. The normalized spacial score (nSPS) is 15.0. The Kier molecular flexibility index (Phi) is 6.92. The number of halogens is 2. The zero-order valence-electron chi connectivity index (χ0n) is 18.1. The molecule has 1 fully saturated rings. The number of amides is 2. The molecule has 1 N–H and O–H groups in total. The first kappa shape index (κ1) is 24.2. The average Bonchev–Trinajstić information content (AvgIpc) is 2.71. The van der Waals surface area contributed by atoms with E-state index in [0.717, 1.165) is 6.07 Å². The predicted octanol–water partition coefficient (Wildman–Crippen LogP) is 3.15. The quantitative estimate of drug-likeness (QED) is 0.726. The fraction of sp³-hybridized carbons (Fsp3) is 0.364. The van der Waals surface area contributed by atoms with Crippen molar-refractivity contribution in [3.05, 3.63) is 64.4 Å². The Bertz CT molecular complexity index is 1120. The van der Waals surface area contributed by atoms with E-state index in [0.29, 0.717) is 31.7 Å². The van der Waals surface area contributed by atoms with Gasteiger partial charge in [0.1, 0.15) is 5.82 Å². The minimum absolute atomic E-state index is 0.0458. The second kappa shape index (κ2) is 9.17. The fourth-order valence-corrected chi connectivity index (χ4v) is 5.03. The molecule has 0 unspecified atom stereocenters. The van der Waals surface area contributed by atoms with E-state index >= 15 is 0 Å². The van der Waals surface area contributed by atoms with Gasteiger partial charge in [0.2, 0.25) is 10.0 Å². The Morgan fingerprint density at radius 1 is 0.938 bits per heavy atom. The molecule has 7 nitrogen and oxygen atoms in total. The number of nitrogens with zero attached hydrogens (tertiary/aromatic N) is 2. The van der Waals surface area contributed by atoms with Crippen molar-refractivity contribution in [3.63, 3.8) is 0 Å². The van der Waals surface area contributed by atoms with Crippen LogP contribution in [0.1, 0.15) is 41.5 Å². The van der Waals surface area contributed by atoms with Crippen LogP contribution >= 0.6 is 11.6 Å². The number of benzene rings is 2. The number of piperazine rings is 1. The van der Waals surface area contributed by atoms with Crippen LogP contribution in [0, 0.1) is 5.82 Å². The van der Waals surface area contributed by atoms with E-state index in [1.54, 1.807) is 30.6 Å². The van der Waals surface area contributed by atoms with Gasteiger partial charge in [-0.15, -0.1) is 0 Å². The van der Waals surface area contributed by atoms with Gasteiger partial charge in [-0.2, -0.15) is 0 Å². The van der Waals surface area contributed by atoms with Crippen LogP contribution in [-0.2, 0) is 10.0 Å². The number of sulfonamides is 1. The van der Waals surface area contributed by atoms with Crippen LogP contribution in [-0.4, -0.2) is 61.7 Å². The Balaban J connectivity index is 1.63. The largest absolute Gasteiger partial charge is 0.335 e. The molecule has 32 heavy (non-hydrogen) atoms. The van der Waals surface area contributed by atoms with Gasteiger partial charge in [0.25, 0.3) is 11.8 Å². The number of nitrogens with one attached hydrogen (secondary N) is 1. The monoisotopic (exact) mass is 481 g/mol. The zero-order chi connectivity index (χ0) is 23.7. The van der Waals surface area contributed by atoms with Crippen molar-refractivity contribution >= 4 is 33.4 Å². The first-order valence-electron chi connectivity index (χ1n) is 10.0. The minimum Gasteiger partial charge on any atom is -0.335 e. The van der Waals surface area contributed by atoms with Gasteiger partial charge < -0.3 is 9.80 Å². The molecule has 2 amide bonds. The van der Waals surface area contributed by atoms with Gasteiger partial charge in [-0.05, 0) is 63.2 Å². The number of hydrogen-bond acceptors (Lipinski definition) is 4. The third-order valence-electron chi connectivity index (χ3n) is 4.87. The van der Waals surface area contributed by atoms with Gasteiger partial charge in [-0.3, -0.25) is 9.59 Å². The van der Waals surface area contributed by atoms with Crippen LogP contribution in [0.3, 0.4) is 0 Å². The molecule has 2 aromatic carbocycles. The van der Waals surface area contributed by atoms with E-state index in [4.69, 9.17) is 11.6 Å². The summed E-state index contributed by atoms with van der Waals surface area (Å²) in [5.74, 6) is -1.08. The molecule has 1 heterocycles. The lowest BCUT2D eigenvalue weighted by atomic mass is 10.1. The van der Waals surface area contributed by atoms with Crippen molar-refractivity contribution in [1.29, 1.82) is 0 Å². The summed E-state index contributed by atoms with van der Waals surface area (Å²) in [6.45, 7) is 6.48. The van der Waals surface area contributed by atoms with Crippen molar-refractivity contribution < 1.29 is 22.4 Å². The maximum absolute atomic E-state index is 13.2. The molecule has 0 radical (unpaired) electrons. The number of rotatable bonds is 4. The van der Waals surface area contributed by atoms with E-state index < -0.39 is 21.4 Å². The van der Waals surface area contributed by atoms with E-state index in [-0.39, 0.29) is 27.3 Å². The Hall–Kier alpha value is -2.49. The highest BCUT2D eigenvalue weighted by Gasteiger charge is 2.27. The van der Waals surface area contributed by atoms with E-state index in [1.165, 1.54) is 36.4 Å². The summed E-state index contributed by atoms with van der Waals surface area (Å²) in [6.07, 6.45) is 0. The fourth-order valence-electron chi connectivity index (χ4n) is 3.37. The van der Waals surface area contributed by atoms with E-state index in [9.17, 15) is 22.4 Å². The first-order chi connectivity index (χ1) is 14.9. The third kappa shape index (κ3) is 5.65. The molecule has 0 saturated carbocycles. The molecular formula is C22H25ClFN3O4S. The van der Waals surface area contributed by atoms with Crippen molar-refractivity contribution in [2.45, 2.75) is 31.2 Å². The highest BCUT2D eigenvalue weighted by atomic mass is 35.5. The Morgan fingerprint density at radius 2 is 1.47 bits per heavy atom. The Labute approximate surface area is 192 Å². The van der Waals surface area contributed by atoms with Crippen molar-refractivity contribution in [3.8, 4) is 0 Å². The van der Waals surface area contributed by atoms with Gasteiger partial charge in [0.15, 0.2) is 0 Å². The summed E-state index contributed by atoms with van der Waals surface area (Å²) in [5, 5.41) is 0.0458. The average molecular weight is 482 g/mol. The van der Waals surface area contributed by atoms with Gasteiger partial charge in [0, 0.05) is 37.3 Å².